The van der Waals surface area contributed by atoms with Gasteiger partial charge >= 0.3 is 0 Å². The van der Waals surface area contributed by atoms with Crippen molar-refractivity contribution in [1.29, 1.82) is 0 Å². The van der Waals surface area contributed by atoms with E-state index in [-0.39, 0.29) is 24.5 Å². The number of carbonyl (C=O) groups excluding carboxylic acids is 2. The third-order valence-corrected chi connectivity index (χ3v) is 3.66. The molecule has 3 N–H and O–H groups in total. The van der Waals surface area contributed by atoms with E-state index in [0.29, 0.717) is 11.4 Å². The summed E-state index contributed by atoms with van der Waals surface area (Å²) in [5, 5.41) is 8.63. The lowest BCUT2D eigenvalue weighted by Gasteiger charge is -2.12. The zero-order valence-corrected chi connectivity index (χ0v) is 12.0. The number of hydrogen-bond acceptors (Lipinski definition) is 5. The minimum Gasteiger partial charge on any atom is -0.375 e. The van der Waals surface area contributed by atoms with E-state index in [2.05, 4.69) is 16.0 Å². The van der Waals surface area contributed by atoms with E-state index in [1.807, 2.05) is 0 Å². The van der Waals surface area contributed by atoms with Gasteiger partial charge in [0, 0.05) is 30.1 Å². The smallest absolute Gasteiger partial charge is 0.250 e. The molecule has 1 saturated heterocycles. The Morgan fingerprint density at radius 2 is 2.15 bits per heavy atom. The van der Waals surface area contributed by atoms with Gasteiger partial charge in [0.15, 0.2) is 0 Å². The van der Waals surface area contributed by atoms with E-state index in [1.54, 1.807) is 36.0 Å². The van der Waals surface area contributed by atoms with Crippen molar-refractivity contribution in [3.8, 4) is 0 Å². The molecule has 7 heteroatoms. The minimum atomic E-state index is -0.232. The number of carbonyl (C=O) groups is 2. The molecule has 20 heavy (non-hydrogen) atoms. The Labute approximate surface area is 121 Å². The first-order chi connectivity index (χ1) is 9.69. The quantitative estimate of drug-likeness (QED) is 0.751. The molecule has 6 nitrogen and oxygen atoms in total. The Morgan fingerprint density at radius 1 is 1.40 bits per heavy atom. The lowest BCUT2D eigenvalue weighted by molar-refractivity contribution is -0.119. The van der Waals surface area contributed by atoms with E-state index in [1.165, 1.54) is 7.11 Å². The number of thioether (sulfide) groups is 1. The Balaban J connectivity index is 1.95. The van der Waals surface area contributed by atoms with Crippen LogP contribution in [-0.4, -0.2) is 43.2 Å². The lowest BCUT2D eigenvalue weighted by atomic mass is 10.2. The zero-order chi connectivity index (χ0) is 14.4. The maximum absolute atomic E-state index is 12.0. The number of amides is 2. The van der Waals surface area contributed by atoms with Gasteiger partial charge in [0.05, 0.1) is 6.04 Å². The van der Waals surface area contributed by atoms with Crippen LogP contribution in [0, 0.1) is 0 Å². The molecule has 2 rings (SSSR count). The van der Waals surface area contributed by atoms with Crippen LogP contribution in [0.25, 0.3) is 0 Å². The first-order valence-corrected chi connectivity index (χ1v) is 7.35. The molecule has 1 atom stereocenters. The highest BCUT2D eigenvalue weighted by Crippen LogP contribution is 2.17. The molecule has 1 fully saturated rings. The van der Waals surface area contributed by atoms with Gasteiger partial charge in [-0.15, -0.1) is 11.8 Å². The van der Waals surface area contributed by atoms with Gasteiger partial charge in [-0.3, -0.25) is 14.9 Å². The van der Waals surface area contributed by atoms with Crippen LogP contribution in [0.3, 0.4) is 0 Å². The maximum Gasteiger partial charge on any atom is 0.250 e. The molecule has 0 radical (unpaired) electrons. The van der Waals surface area contributed by atoms with Crippen LogP contribution in [0.5, 0.6) is 0 Å². The van der Waals surface area contributed by atoms with Crippen molar-refractivity contribution >= 4 is 35.0 Å². The summed E-state index contributed by atoms with van der Waals surface area (Å²) >= 11 is 1.70. The summed E-state index contributed by atoms with van der Waals surface area (Å²) in [4.78, 5) is 23.4. The van der Waals surface area contributed by atoms with E-state index in [4.69, 9.17) is 4.74 Å². The third kappa shape index (κ3) is 4.22. The molecule has 0 aliphatic carbocycles. The second-order valence-electron chi connectivity index (χ2n) is 4.32. The highest BCUT2D eigenvalue weighted by atomic mass is 32.2. The highest BCUT2D eigenvalue weighted by molar-refractivity contribution is 7.99. The monoisotopic (exact) mass is 295 g/mol. The van der Waals surface area contributed by atoms with E-state index in [9.17, 15) is 9.59 Å². The number of rotatable bonds is 5. The van der Waals surface area contributed by atoms with Crippen molar-refractivity contribution in [2.75, 3.05) is 36.0 Å². The molecular formula is C13H17N3O3S. The van der Waals surface area contributed by atoms with Crippen LogP contribution in [0.4, 0.5) is 11.4 Å². The summed E-state index contributed by atoms with van der Waals surface area (Å²) in [6.45, 7) is -0.000194. The molecular weight excluding hydrogens is 278 g/mol. The van der Waals surface area contributed by atoms with Gasteiger partial charge in [0.25, 0.3) is 0 Å². The van der Waals surface area contributed by atoms with Crippen LogP contribution >= 0.6 is 11.8 Å². The van der Waals surface area contributed by atoms with Gasteiger partial charge in [0.1, 0.15) is 6.61 Å². The second kappa shape index (κ2) is 7.28. The average molecular weight is 295 g/mol. The van der Waals surface area contributed by atoms with E-state index < -0.39 is 0 Å². The lowest BCUT2D eigenvalue weighted by Crippen LogP contribution is -2.37. The third-order valence-electron chi connectivity index (χ3n) is 2.72. The van der Waals surface area contributed by atoms with Crippen molar-refractivity contribution in [3.63, 3.8) is 0 Å². The molecule has 1 unspecified atom stereocenters. The summed E-state index contributed by atoms with van der Waals surface area (Å²) in [6.07, 6.45) is 0. The summed E-state index contributed by atoms with van der Waals surface area (Å²) in [5.41, 5.74) is 1.28. The fraction of sp³-hybridized carbons (Fsp3) is 0.385. The van der Waals surface area contributed by atoms with Crippen LogP contribution in [-0.2, 0) is 14.3 Å². The first kappa shape index (κ1) is 14.8. The highest BCUT2D eigenvalue weighted by Gasteiger charge is 2.22. The average Bonchev–Trinajstić information content (AvgIpc) is 2.93. The van der Waals surface area contributed by atoms with Gasteiger partial charge in [-0.25, -0.2) is 0 Å². The van der Waals surface area contributed by atoms with E-state index >= 15 is 0 Å². The number of nitrogens with one attached hydrogen (secondary N) is 3. The Morgan fingerprint density at radius 3 is 2.80 bits per heavy atom. The van der Waals surface area contributed by atoms with Gasteiger partial charge in [0.2, 0.25) is 11.8 Å². The summed E-state index contributed by atoms with van der Waals surface area (Å²) < 4.78 is 4.75. The van der Waals surface area contributed by atoms with Crippen LogP contribution in [0.2, 0.25) is 0 Å². The Bertz CT molecular complexity index is 490. The Kier molecular flexibility index (Phi) is 5.40. The molecule has 1 aromatic carbocycles. The molecule has 2 amide bonds. The standard InChI is InChI=1S/C13H17N3O3S/c1-19-6-12(17)15-9-3-2-4-10(5-9)16-13(18)11-7-20-8-14-11/h2-5,11,14H,6-8H2,1H3,(H,15,17)(H,16,18). The SMILES string of the molecule is COCC(=O)Nc1cccc(NC(=O)C2CSCN2)c1. The minimum absolute atomic E-state index is 0.000194. The van der Waals surface area contributed by atoms with Crippen molar-refractivity contribution in [3.05, 3.63) is 24.3 Å². The molecule has 0 bridgehead atoms. The molecule has 0 aromatic heterocycles. The molecule has 0 spiro atoms. The number of ether oxygens (including phenoxy) is 1. The van der Waals surface area contributed by atoms with Gasteiger partial charge < -0.3 is 15.4 Å². The van der Waals surface area contributed by atoms with Crippen molar-refractivity contribution in [2.24, 2.45) is 0 Å². The first-order valence-electron chi connectivity index (χ1n) is 6.20. The fourth-order valence-electron chi connectivity index (χ4n) is 1.80. The predicted molar refractivity (Wildman–Crippen MR) is 79.8 cm³/mol. The predicted octanol–water partition coefficient (Wildman–Crippen LogP) is 0.872. The van der Waals surface area contributed by atoms with Crippen molar-refractivity contribution in [1.82, 2.24) is 5.32 Å². The molecule has 1 aliphatic heterocycles. The molecule has 1 heterocycles. The molecule has 0 saturated carbocycles. The van der Waals surface area contributed by atoms with Crippen molar-refractivity contribution in [2.45, 2.75) is 6.04 Å². The summed E-state index contributed by atoms with van der Waals surface area (Å²) in [5.74, 6) is 1.28. The van der Waals surface area contributed by atoms with Crippen LogP contribution < -0.4 is 16.0 Å². The van der Waals surface area contributed by atoms with Gasteiger partial charge in [-0.05, 0) is 18.2 Å². The molecule has 108 valence electrons. The molecule has 1 aliphatic rings. The molecule has 1 aromatic rings. The maximum atomic E-state index is 12.0. The summed E-state index contributed by atoms with van der Waals surface area (Å²) in [6, 6.07) is 6.87. The van der Waals surface area contributed by atoms with Crippen LogP contribution in [0.15, 0.2) is 24.3 Å². The number of anilines is 2. The number of benzene rings is 1. The van der Waals surface area contributed by atoms with Crippen molar-refractivity contribution < 1.29 is 14.3 Å². The zero-order valence-electron chi connectivity index (χ0n) is 11.1. The number of hydrogen-bond donors (Lipinski definition) is 3. The fourth-order valence-corrected chi connectivity index (χ4v) is 2.74. The van der Waals surface area contributed by atoms with Crippen LogP contribution in [0.1, 0.15) is 0 Å². The van der Waals surface area contributed by atoms with Gasteiger partial charge in [-0.1, -0.05) is 6.07 Å². The van der Waals surface area contributed by atoms with E-state index in [0.717, 1.165) is 11.6 Å². The second-order valence-corrected chi connectivity index (χ2v) is 5.35. The van der Waals surface area contributed by atoms with Gasteiger partial charge in [-0.2, -0.15) is 0 Å². The summed E-state index contributed by atoms with van der Waals surface area (Å²) in [7, 11) is 1.46. The largest absolute Gasteiger partial charge is 0.375 e. The Hall–Kier alpha value is -1.57. The number of methoxy groups -OCH3 is 1. The topological polar surface area (TPSA) is 79.5 Å². The normalized spacial score (nSPS) is 17.8.